The van der Waals surface area contributed by atoms with Gasteiger partial charge >= 0.3 is 5.97 Å². The number of hydrogen-bond acceptors (Lipinski definition) is 7. The average molecular weight is 411 g/mol. The van der Waals surface area contributed by atoms with Crippen LogP contribution >= 0.6 is 0 Å². The van der Waals surface area contributed by atoms with Crippen LogP contribution in [0.2, 0.25) is 0 Å². The third-order valence-corrected chi connectivity index (χ3v) is 9.04. The number of carbonyl (C=O) groups excluding carboxylic acids is 1. The summed E-state index contributed by atoms with van der Waals surface area (Å²) in [6.07, 6.45) is -2.70. The Morgan fingerprint density at radius 2 is 1.72 bits per heavy atom. The van der Waals surface area contributed by atoms with Gasteiger partial charge in [0.05, 0.1) is 23.9 Å². The molecule has 0 radical (unpaired) electrons. The first-order valence-corrected chi connectivity index (χ1v) is 10.6. The molecule has 0 saturated heterocycles. The molecule has 4 rings (SSSR count). The molecule has 0 aliphatic heterocycles. The summed E-state index contributed by atoms with van der Waals surface area (Å²) < 4.78 is 5.63. The predicted octanol–water partition coefficient (Wildman–Crippen LogP) is 0.515. The smallest absolute Gasteiger partial charge is 0.303 e. The van der Waals surface area contributed by atoms with E-state index in [4.69, 9.17) is 4.74 Å². The van der Waals surface area contributed by atoms with E-state index in [0.717, 1.165) is 0 Å². The third kappa shape index (κ3) is 2.39. The van der Waals surface area contributed by atoms with Crippen LogP contribution in [-0.2, 0) is 9.53 Å². The molecule has 4 aliphatic carbocycles. The first-order valence-electron chi connectivity index (χ1n) is 10.6. The Hall–Kier alpha value is -0.990. The lowest BCUT2D eigenvalue weighted by Crippen LogP contribution is -2.58. The van der Waals surface area contributed by atoms with E-state index in [2.05, 4.69) is 6.58 Å². The molecule has 164 valence electrons. The molecule has 2 bridgehead atoms. The van der Waals surface area contributed by atoms with Crippen LogP contribution in [0.15, 0.2) is 12.2 Å². The van der Waals surface area contributed by atoms with Crippen molar-refractivity contribution in [3.63, 3.8) is 0 Å². The topological polar surface area (TPSA) is 127 Å². The van der Waals surface area contributed by atoms with Gasteiger partial charge in [-0.2, -0.15) is 0 Å². The van der Waals surface area contributed by atoms with Crippen LogP contribution in [0.3, 0.4) is 0 Å². The Morgan fingerprint density at radius 3 is 2.31 bits per heavy atom. The summed E-state index contributed by atoms with van der Waals surface area (Å²) in [7, 11) is 0. The number of carbonyl (C=O) groups is 1. The number of rotatable bonds is 1. The van der Waals surface area contributed by atoms with Crippen molar-refractivity contribution in [3.8, 4) is 0 Å². The number of aliphatic hydroxyl groups excluding tert-OH is 3. The minimum absolute atomic E-state index is 0.139. The van der Waals surface area contributed by atoms with Crippen LogP contribution < -0.4 is 0 Å². The van der Waals surface area contributed by atoms with Crippen molar-refractivity contribution in [1.82, 2.24) is 0 Å². The van der Waals surface area contributed by atoms with Crippen LogP contribution in [-0.4, -0.2) is 67.1 Å². The first-order chi connectivity index (χ1) is 13.2. The Kier molecular flexibility index (Phi) is 4.42. The molecule has 4 saturated carbocycles. The molecule has 1 spiro atoms. The van der Waals surface area contributed by atoms with E-state index in [1.807, 2.05) is 0 Å². The van der Waals surface area contributed by atoms with E-state index < -0.39 is 58.3 Å². The standard InChI is InChI=1S/C22H34O7/c1-10-12-6-7-13-17(25)21(12,9-20(13,5)27)8-14(29-11(2)23)22(28)15(10)16(24)18(26)19(22,3)4/h12-18,24-28H,1,6-9H2,2-5H3. The molecule has 4 fully saturated rings. The molecule has 7 nitrogen and oxygen atoms in total. The van der Waals surface area contributed by atoms with Gasteiger partial charge in [0, 0.05) is 29.6 Å². The molecule has 5 N–H and O–H groups in total. The van der Waals surface area contributed by atoms with Crippen molar-refractivity contribution in [1.29, 1.82) is 0 Å². The predicted molar refractivity (Wildman–Crippen MR) is 103 cm³/mol. The fourth-order valence-corrected chi connectivity index (χ4v) is 7.64. The Bertz CT molecular complexity index is 745. The molecule has 0 aromatic carbocycles. The van der Waals surface area contributed by atoms with E-state index >= 15 is 0 Å². The molecule has 0 amide bonds. The summed E-state index contributed by atoms with van der Waals surface area (Å²) in [5, 5.41) is 56.0. The number of hydrogen-bond donors (Lipinski definition) is 5. The van der Waals surface area contributed by atoms with Crippen molar-refractivity contribution >= 4 is 5.97 Å². The maximum absolute atomic E-state index is 12.0. The Labute approximate surface area is 171 Å². The van der Waals surface area contributed by atoms with Gasteiger partial charge in [0.1, 0.15) is 11.7 Å². The summed E-state index contributed by atoms with van der Waals surface area (Å²) in [4.78, 5) is 12.0. The van der Waals surface area contributed by atoms with Gasteiger partial charge in [-0.25, -0.2) is 0 Å². The van der Waals surface area contributed by atoms with E-state index in [9.17, 15) is 30.3 Å². The largest absolute Gasteiger partial charge is 0.459 e. The molecular weight excluding hydrogens is 376 g/mol. The molecule has 0 aromatic rings. The second-order valence-corrected chi connectivity index (χ2v) is 10.8. The maximum Gasteiger partial charge on any atom is 0.303 e. The zero-order chi connectivity index (χ0) is 21.7. The lowest BCUT2D eigenvalue weighted by atomic mass is 9.61. The molecule has 10 atom stereocenters. The highest BCUT2D eigenvalue weighted by Gasteiger charge is 2.75. The van der Waals surface area contributed by atoms with Crippen LogP contribution in [0.4, 0.5) is 0 Å². The lowest BCUT2D eigenvalue weighted by molar-refractivity contribution is -0.198. The van der Waals surface area contributed by atoms with Crippen LogP contribution in [0.1, 0.15) is 53.4 Å². The summed E-state index contributed by atoms with van der Waals surface area (Å²) >= 11 is 0. The van der Waals surface area contributed by atoms with Gasteiger partial charge in [-0.15, -0.1) is 0 Å². The molecule has 7 heteroatoms. The highest BCUT2D eigenvalue weighted by Crippen LogP contribution is 2.69. The highest BCUT2D eigenvalue weighted by molar-refractivity contribution is 5.66. The van der Waals surface area contributed by atoms with Crippen molar-refractivity contribution in [2.45, 2.75) is 89.0 Å². The van der Waals surface area contributed by atoms with Gasteiger partial charge < -0.3 is 30.3 Å². The summed E-state index contributed by atoms with van der Waals surface area (Å²) in [5.41, 5.74) is -4.27. The van der Waals surface area contributed by atoms with E-state index in [0.29, 0.717) is 24.8 Å². The molecule has 4 aliphatic rings. The minimum atomic E-state index is -1.76. The quantitative estimate of drug-likeness (QED) is 0.315. The fraction of sp³-hybridized carbons (Fsp3) is 0.864. The van der Waals surface area contributed by atoms with Crippen molar-refractivity contribution in [3.05, 3.63) is 12.2 Å². The molecule has 29 heavy (non-hydrogen) atoms. The maximum atomic E-state index is 12.0. The summed E-state index contributed by atoms with van der Waals surface area (Å²) in [6.45, 7) is 10.5. The van der Waals surface area contributed by atoms with Crippen LogP contribution in [0, 0.1) is 28.6 Å². The van der Waals surface area contributed by atoms with Crippen LogP contribution in [0.25, 0.3) is 0 Å². The normalized spacial score (nSPS) is 55.8. The van der Waals surface area contributed by atoms with E-state index in [1.54, 1.807) is 20.8 Å². The minimum Gasteiger partial charge on any atom is -0.459 e. The van der Waals surface area contributed by atoms with Crippen molar-refractivity contribution in [2.24, 2.45) is 28.6 Å². The van der Waals surface area contributed by atoms with Crippen molar-refractivity contribution in [2.75, 3.05) is 0 Å². The molecule has 0 heterocycles. The monoisotopic (exact) mass is 410 g/mol. The molecular formula is C22H34O7. The molecule has 10 unspecified atom stereocenters. The Balaban J connectivity index is 1.92. The van der Waals surface area contributed by atoms with Gasteiger partial charge in [-0.1, -0.05) is 26.0 Å². The zero-order valence-electron chi connectivity index (χ0n) is 17.6. The molecule has 0 aromatic heterocycles. The van der Waals surface area contributed by atoms with Crippen LogP contribution in [0.5, 0.6) is 0 Å². The number of ether oxygens (including phenoxy) is 1. The number of esters is 1. The van der Waals surface area contributed by atoms with Gasteiger partial charge in [0.2, 0.25) is 0 Å². The van der Waals surface area contributed by atoms with Gasteiger partial charge in [-0.3, -0.25) is 4.79 Å². The SMILES string of the molecule is C=C1C2CCC3C(O)C2(CC(OC(C)=O)C2(O)C1C(O)C(O)C2(C)C)CC3(C)O. The van der Waals surface area contributed by atoms with E-state index in [-0.39, 0.29) is 18.3 Å². The fourth-order valence-electron chi connectivity index (χ4n) is 7.64. The second kappa shape index (κ2) is 6.04. The first kappa shape index (κ1) is 21.2. The van der Waals surface area contributed by atoms with Gasteiger partial charge in [-0.05, 0) is 38.5 Å². The lowest BCUT2D eigenvalue weighted by Gasteiger charge is -2.47. The van der Waals surface area contributed by atoms with Crippen molar-refractivity contribution < 1.29 is 35.1 Å². The van der Waals surface area contributed by atoms with E-state index in [1.165, 1.54) is 6.92 Å². The number of fused-ring (bicyclic) bond motifs is 2. The number of aliphatic hydroxyl groups is 5. The average Bonchev–Trinajstić information content (AvgIpc) is 2.76. The second-order valence-electron chi connectivity index (χ2n) is 10.8. The summed E-state index contributed by atoms with van der Waals surface area (Å²) in [6, 6.07) is 0. The zero-order valence-corrected chi connectivity index (χ0v) is 17.6. The summed E-state index contributed by atoms with van der Waals surface area (Å²) in [5.74, 6) is -2.06. The van der Waals surface area contributed by atoms with Gasteiger partial charge in [0.25, 0.3) is 0 Å². The Morgan fingerprint density at radius 1 is 1.10 bits per heavy atom. The van der Waals surface area contributed by atoms with Gasteiger partial charge in [0.15, 0.2) is 0 Å². The third-order valence-electron chi connectivity index (χ3n) is 9.04. The highest BCUT2D eigenvalue weighted by atomic mass is 16.6.